The largest absolute Gasteiger partial charge is 0.357 e. The molecule has 0 amide bonds. The van der Waals surface area contributed by atoms with Gasteiger partial charge in [0.2, 0.25) is 0 Å². The van der Waals surface area contributed by atoms with Crippen molar-refractivity contribution in [2.45, 2.75) is 58.5 Å². The van der Waals surface area contributed by atoms with Crippen molar-refractivity contribution in [2.75, 3.05) is 20.1 Å². The minimum absolute atomic E-state index is 0. The van der Waals surface area contributed by atoms with E-state index in [0.717, 1.165) is 62.1 Å². The molecule has 8 heteroatoms. The van der Waals surface area contributed by atoms with Crippen LogP contribution in [0, 0.1) is 5.82 Å². The zero-order valence-electron chi connectivity index (χ0n) is 17.4. The zero-order chi connectivity index (χ0) is 19.8. The van der Waals surface area contributed by atoms with E-state index in [0.29, 0.717) is 6.54 Å². The Hall–Kier alpha value is -1.71. The summed E-state index contributed by atoms with van der Waals surface area (Å²) >= 11 is 0. The molecule has 1 N–H and O–H groups in total. The van der Waals surface area contributed by atoms with E-state index in [1.54, 1.807) is 12.1 Å². The number of benzene rings is 1. The minimum Gasteiger partial charge on any atom is -0.357 e. The van der Waals surface area contributed by atoms with Gasteiger partial charge >= 0.3 is 0 Å². The third-order valence-electron chi connectivity index (χ3n) is 5.01. The highest BCUT2D eigenvalue weighted by atomic mass is 127. The SMILES string of the molecule is CCNC(=NCCCc1nnc2n1CCCCC2)N(C)Cc1cccc(F)c1.I. The summed E-state index contributed by atoms with van der Waals surface area (Å²) in [4.78, 5) is 6.77. The molecule has 1 aliphatic heterocycles. The summed E-state index contributed by atoms with van der Waals surface area (Å²) in [5, 5.41) is 12.1. The highest BCUT2D eigenvalue weighted by molar-refractivity contribution is 14.0. The number of nitrogens with zero attached hydrogens (tertiary/aromatic N) is 5. The summed E-state index contributed by atoms with van der Waals surface area (Å²) in [6.45, 7) is 5.22. The van der Waals surface area contributed by atoms with E-state index >= 15 is 0 Å². The van der Waals surface area contributed by atoms with Crippen molar-refractivity contribution in [1.82, 2.24) is 25.0 Å². The van der Waals surface area contributed by atoms with E-state index < -0.39 is 0 Å². The second kappa shape index (κ2) is 12.1. The Morgan fingerprint density at radius 3 is 2.93 bits per heavy atom. The van der Waals surface area contributed by atoms with Gasteiger partial charge in [-0.05, 0) is 43.9 Å². The van der Waals surface area contributed by atoms with Crippen molar-refractivity contribution in [3.8, 4) is 0 Å². The summed E-state index contributed by atoms with van der Waals surface area (Å²) in [7, 11) is 1.98. The van der Waals surface area contributed by atoms with Crippen LogP contribution in [-0.4, -0.2) is 45.8 Å². The van der Waals surface area contributed by atoms with Gasteiger partial charge in [-0.3, -0.25) is 4.99 Å². The van der Waals surface area contributed by atoms with Crippen molar-refractivity contribution in [3.63, 3.8) is 0 Å². The van der Waals surface area contributed by atoms with E-state index in [1.807, 2.05) is 18.0 Å². The highest BCUT2D eigenvalue weighted by Crippen LogP contribution is 2.15. The molecule has 0 saturated heterocycles. The Bertz CT molecular complexity index is 791. The van der Waals surface area contributed by atoms with E-state index in [2.05, 4.69) is 27.0 Å². The topological polar surface area (TPSA) is 58.3 Å². The van der Waals surface area contributed by atoms with Crippen LogP contribution in [0.5, 0.6) is 0 Å². The number of hydrogen-bond acceptors (Lipinski definition) is 3. The Morgan fingerprint density at radius 2 is 2.14 bits per heavy atom. The molecule has 29 heavy (non-hydrogen) atoms. The molecule has 0 aliphatic carbocycles. The predicted octanol–water partition coefficient (Wildman–Crippen LogP) is 3.79. The van der Waals surface area contributed by atoms with Crippen molar-refractivity contribution in [1.29, 1.82) is 0 Å². The molecule has 2 aromatic rings. The molecule has 2 heterocycles. The van der Waals surface area contributed by atoms with Gasteiger partial charge in [-0.15, -0.1) is 34.2 Å². The standard InChI is InChI=1S/C21H31FN6.HI/c1-3-23-21(27(2)16-17-9-7-10-18(22)15-17)24-13-8-12-20-26-25-19-11-5-4-6-14-28(19)20;/h7,9-10,15H,3-6,8,11-14,16H2,1-2H3,(H,23,24);1H. The fourth-order valence-electron chi connectivity index (χ4n) is 3.61. The van der Waals surface area contributed by atoms with Gasteiger partial charge in [-0.25, -0.2) is 4.39 Å². The van der Waals surface area contributed by atoms with Gasteiger partial charge in [0.15, 0.2) is 5.96 Å². The van der Waals surface area contributed by atoms with Gasteiger partial charge < -0.3 is 14.8 Å². The third-order valence-corrected chi connectivity index (χ3v) is 5.01. The van der Waals surface area contributed by atoms with Gasteiger partial charge in [0.25, 0.3) is 0 Å². The molecule has 0 fully saturated rings. The molecule has 0 saturated carbocycles. The number of nitrogens with one attached hydrogen (secondary N) is 1. The first-order chi connectivity index (χ1) is 13.7. The second-order valence-electron chi connectivity index (χ2n) is 7.32. The smallest absolute Gasteiger partial charge is 0.193 e. The lowest BCUT2D eigenvalue weighted by atomic mass is 10.2. The average Bonchev–Trinajstić information content (AvgIpc) is 2.90. The Labute approximate surface area is 190 Å². The summed E-state index contributed by atoms with van der Waals surface area (Å²) in [5.74, 6) is 2.86. The quantitative estimate of drug-likeness (QED) is 0.265. The van der Waals surface area contributed by atoms with Crippen LogP contribution in [0.2, 0.25) is 0 Å². The lowest BCUT2D eigenvalue weighted by Crippen LogP contribution is -2.38. The fraction of sp³-hybridized carbons (Fsp3) is 0.571. The maximum Gasteiger partial charge on any atom is 0.193 e. The van der Waals surface area contributed by atoms with Gasteiger partial charge in [0.05, 0.1) is 0 Å². The number of aliphatic imine (C=N–C) groups is 1. The Morgan fingerprint density at radius 1 is 1.28 bits per heavy atom. The molecule has 160 valence electrons. The lowest BCUT2D eigenvalue weighted by molar-refractivity contribution is 0.474. The summed E-state index contributed by atoms with van der Waals surface area (Å²) in [6, 6.07) is 6.70. The van der Waals surface area contributed by atoms with Crippen molar-refractivity contribution < 1.29 is 4.39 Å². The summed E-state index contributed by atoms with van der Waals surface area (Å²) in [6.07, 6.45) is 6.57. The first kappa shape index (κ1) is 23.6. The molecule has 0 spiro atoms. The number of fused-ring (bicyclic) bond motifs is 1. The number of hydrogen-bond donors (Lipinski definition) is 1. The van der Waals surface area contributed by atoms with Gasteiger partial charge in [-0.1, -0.05) is 18.6 Å². The van der Waals surface area contributed by atoms with Crippen molar-refractivity contribution >= 4 is 29.9 Å². The van der Waals surface area contributed by atoms with Gasteiger partial charge in [0, 0.05) is 46.1 Å². The molecule has 0 radical (unpaired) electrons. The van der Waals surface area contributed by atoms with Crippen LogP contribution in [0.1, 0.15) is 49.8 Å². The lowest BCUT2D eigenvalue weighted by Gasteiger charge is -2.22. The molecule has 0 bridgehead atoms. The molecular weight excluding hydrogens is 482 g/mol. The van der Waals surface area contributed by atoms with Crippen LogP contribution in [0.3, 0.4) is 0 Å². The van der Waals surface area contributed by atoms with Crippen LogP contribution in [0.25, 0.3) is 0 Å². The normalized spacial score (nSPS) is 14.0. The molecule has 0 atom stereocenters. The van der Waals surface area contributed by atoms with E-state index in [-0.39, 0.29) is 29.8 Å². The highest BCUT2D eigenvalue weighted by Gasteiger charge is 2.14. The monoisotopic (exact) mass is 514 g/mol. The second-order valence-corrected chi connectivity index (χ2v) is 7.32. The molecule has 1 aromatic heterocycles. The number of guanidine groups is 1. The molecule has 6 nitrogen and oxygen atoms in total. The van der Waals surface area contributed by atoms with E-state index in [1.165, 1.54) is 25.3 Å². The predicted molar refractivity (Wildman–Crippen MR) is 125 cm³/mol. The number of rotatable bonds is 7. The Balaban J connectivity index is 0.00000300. The number of aryl methyl sites for hydroxylation is 2. The van der Waals surface area contributed by atoms with Crippen LogP contribution < -0.4 is 5.32 Å². The van der Waals surface area contributed by atoms with Gasteiger partial charge in [0.1, 0.15) is 17.5 Å². The summed E-state index contributed by atoms with van der Waals surface area (Å²) < 4.78 is 15.7. The zero-order valence-corrected chi connectivity index (χ0v) is 19.7. The number of halogens is 2. The molecule has 1 aromatic carbocycles. The third kappa shape index (κ3) is 6.94. The van der Waals surface area contributed by atoms with E-state index in [9.17, 15) is 4.39 Å². The molecular formula is C21H32FIN6. The fourth-order valence-corrected chi connectivity index (χ4v) is 3.61. The molecule has 3 rings (SSSR count). The average molecular weight is 514 g/mol. The van der Waals surface area contributed by atoms with Crippen molar-refractivity contribution in [3.05, 3.63) is 47.3 Å². The molecule has 1 aliphatic rings. The first-order valence-corrected chi connectivity index (χ1v) is 10.3. The van der Waals surface area contributed by atoms with Crippen LogP contribution in [0.15, 0.2) is 29.3 Å². The summed E-state index contributed by atoms with van der Waals surface area (Å²) in [5.41, 5.74) is 0.930. The van der Waals surface area contributed by atoms with Crippen LogP contribution in [0.4, 0.5) is 4.39 Å². The first-order valence-electron chi connectivity index (χ1n) is 10.3. The van der Waals surface area contributed by atoms with Crippen LogP contribution >= 0.6 is 24.0 Å². The van der Waals surface area contributed by atoms with E-state index in [4.69, 9.17) is 4.99 Å². The van der Waals surface area contributed by atoms with Crippen LogP contribution in [-0.2, 0) is 25.9 Å². The van der Waals surface area contributed by atoms with Gasteiger partial charge in [-0.2, -0.15) is 0 Å². The maximum absolute atomic E-state index is 13.4. The van der Waals surface area contributed by atoms with Crippen molar-refractivity contribution in [2.24, 2.45) is 4.99 Å². The number of aromatic nitrogens is 3. The maximum atomic E-state index is 13.4. The minimum atomic E-state index is -0.208. The Kier molecular flexibility index (Phi) is 9.83. The molecule has 0 unspecified atom stereocenters.